The Labute approximate surface area is 187 Å². The Kier molecular flexibility index (Phi) is 7.00. The van der Waals surface area contributed by atoms with Crippen LogP contribution in [-0.4, -0.2) is 71.5 Å². The number of nitrogens with one attached hydrogen (secondary N) is 1. The molecule has 10 heteroatoms. The van der Waals surface area contributed by atoms with E-state index in [1.807, 2.05) is 42.2 Å². The number of benzene rings is 1. The molecule has 0 aromatic heterocycles. The fourth-order valence-electron chi connectivity index (χ4n) is 3.68. The number of thioether (sulfide) groups is 1. The van der Waals surface area contributed by atoms with E-state index in [-0.39, 0.29) is 29.2 Å². The summed E-state index contributed by atoms with van der Waals surface area (Å²) in [4.78, 5) is 31.6. The van der Waals surface area contributed by atoms with Gasteiger partial charge >= 0.3 is 6.09 Å². The smallest absolute Gasteiger partial charge is 0.408 e. The maximum Gasteiger partial charge on any atom is 0.408 e. The van der Waals surface area contributed by atoms with Gasteiger partial charge in [-0.1, -0.05) is 42.1 Å². The molecule has 0 aliphatic carbocycles. The molecule has 3 atom stereocenters. The van der Waals surface area contributed by atoms with Crippen molar-refractivity contribution in [1.82, 2.24) is 10.2 Å². The van der Waals surface area contributed by atoms with E-state index in [0.717, 1.165) is 5.56 Å². The van der Waals surface area contributed by atoms with Gasteiger partial charge in [-0.05, 0) is 33.3 Å². The average molecular weight is 468 g/mol. The fraction of sp³-hybridized carbons (Fsp3) is 0.571. The molecule has 2 fully saturated rings. The number of rotatable bonds is 5. The summed E-state index contributed by atoms with van der Waals surface area (Å²) >= 11 is 1.33. The zero-order chi connectivity index (χ0) is 22.8. The summed E-state index contributed by atoms with van der Waals surface area (Å²) in [5.41, 5.74) is 0.186. The number of amidine groups is 1. The Hall–Kier alpha value is -2.07. The summed E-state index contributed by atoms with van der Waals surface area (Å²) in [6, 6.07) is 8.30. The monoisotopic (exact) mass is 467 g/mol. The number of ether oxygens (including phenoxy) is 1. The molecule has 0 bridgehead atoms. The predicted octanol–water partition coefficient (Wildman–Crippen LogP) is 2.24. The number of amides is 2. The van der Waals surface area contributed by atoms with Gasteiger partial charge in [0, 0.05) is 18.2 Å². The van der Waals surface area contributed by atoms with E-state index in [4.69, 9.17) is 4.74 Å². The number of aliphatic imine (C=N–C) groups is 1. The Morgan fingerprint density at radius 3 is 2.55 bits per heavy atom. The largest absolute Gasteiger partial charge is 0.444 e. The fourth-order valence-corrected chi connectivity index (χ4v) is 7.70. The van der Waals surface area contributed by atoms with Gasteiger partial charge in [0.2, 0.25) is 0 Å². The number of fused-ring (bicyclic) bond motifs is 1. The van der Waals surface area contributed by atoms with Gasteiger partial charge in [0.15, 0.2) is 15.0 Å². The van der Waals surface area contributed by atoms with Crippen LogP contribution in [0.15, 0.2) is 35.3 Å². The van der Waals surface area contributed by atoms with Gasteiger partial charge in [-0.3, -0.25) is 4.79 Å². The Morgan fingerprint density at radius 1 is 1.26 bits per heavy atom. The highest BCUT2D eigenvalue weighted by Gasteiger charge is 2.48. The molecule has 2 saturated heterocycles. The molecule has 31 heavy (non-hydrogen) atoms. The molecule has 0 radical (unpaired) electrons. The second-order valence-corrected chi connectivity index (χ2v) is 12.1. The molecule has 0 saturated carbocycles. The minimum Gasteiger partial charge on any atom is -0.444 e. The number of sulfone groups is 1. The van der Waals surface area contributed by atoms with Crippen molar-refractivity contribution in [2.45, 2.75) is 57.1 Å². The second kappa shape index (κ2) is 9.20. The lowest BCUT2D eigenvalue weighted by Crippen LogP contribution is -2.45. The summed E-state index contributed by atoms with van der Waals surface area (Å²) in [5.74, 6) is -0.316. The van der Waals surface area contributed by atoms with Crippen molar-refractivity contribution >= 4 is 38.8 Å². The van der Waals surface area contributed by atoms with E-state index in [0.29, 0.717) is 11.7 Å². The second-order valence-electron chi connectivity index (χ2n) is 8.71. The molecular weight excluding hydrogens is 438 g/mol. The molecule has 1 N–H and O–H groups in total. The van der Waals surface area contributed by atoms with Gasteiger partial charge < -0.3 is 15.0 Å². The first-order valence-electron chi connectivity index (χ1n) is 10.3. The zero-order valence-corrected chi connectivity index (χ0v) is 19.8. The highest BCUT2D eigenvalue weighted by Crippen LogP contribution is 2.37. The lowest BCUT2D eigenvalue weighted by Gasteiger charge is -2.24. The van der Waals surface area contributed by atoms with Crippen LogP contribution in [0.3, 0.4) is 0 Å². The van der Waals surface area contributed by atoms with E-state index >= 15 is 0 Å². The van der Waals surface area contributed by atoms with E-state index in [2.05, 4.69) is 10.3 Å². The molecular formula is C21H29N3O5S2. The van der Waals surface area contributed by atoms with Gasteiger partial charge in [0.1, 0.15) is 11.6 Å². The van der Waals surface area contributed by atoms with Crippen LogP contribution in [0, 0.1) is 0 Å². The first-order chi connectivity index (χ1) is 14.5. The minimum atomic E-state index is -3.07. The van der Waals surface area contributed by atoms with Crippen LogP contribution in [0.4, 0.5) is 4.79 Å². The van der Waals surface area contributed by atoms with Gasteiger partial charge in [-0.15, -0.1) is 0 Å². The van der Waals surface area contributed by atoms with Crippen molar-refractivity contribution in [3.63, 3.8) is 0 Å². The molecule has 2 aliphatic heterocycles. The summed E-state index contributed by atoms with van der Waals surface area (Å²) in [6.07, 6.45) is -0.412. The van der Waals surface area contributed by atoms with Crippen LogP contribution in [-0.2, 0) is 25.8 Å². The van der Waals surface area contributed by atoms with Crippen LogP contribution in [0.25, 0.3) is 0 Å². The molecule has 2 heterocycles. The molecule has 3 rings (SSSR count). The number of carbonyl (C=O) groups is 2. The molecule has 0 unspecified atom stereocenters. The number of hydrogen-bond acceptors (Lipinski definition) is 6. The van der Waals surface area contributed by atoms with Crippen LogP contribution in [0.5, 0.6) is 0 Å². The summed E-state index contributed by atoms with van der Waals surface area (Å²) < 4.78 is 29.3. The van der Waals surface area contributed by atoms with Gasteiger partial charge in [0.05, 0.1) is 17.5 Å². The maximum atomic E-state index is 13.1. The standard InChI is InChI=1S/C21H29N3O5S2/c1-5-24-16-12-31(27,28)13-17(16)30-19(24)23-18(25)15(11-14-9-7-6-8-10-14)22-20(26)29-21(2,3)4/h6-10,15-17H,5,11-13H2,1-4H3,(H,22,26)/t15-,16+,17+/m1/s1. The predicted molar refractivity (Wildman–Crippen MR) is 122 cm³/mol. The van der Waals surface area contributed by atoms with Crippen molar-refractivity contribution < 1.29 is 22.7 Å². The molecule has 2 aliphatic rings. The summed E-state index contributed by atoms with van der Waals surface area (Å²) in [5, 5.41) is 3.04. The Morgan fingerprint density at radius 2 is 1.94 bits per heavy atom. The van der Waals surface area contributed by atoms with Crippen LogP contribution in [0.2, 0.25) is 0 Å². The quantitative estimate of drug-likeness (QED) is 0.708. The molecule has 1 aromatic carbocycles. The van der Waals surface area contributed by atoms with Gasteiger partial charge in [0.25, 0.3) is 5.91 Å². The van der Waals surface area contributed by atoms with Crippen LogP contribution >= 0.6 is 11.8 Å². The highest BCUT2D eigenvalue weighted by atomic mass is 32.2. The van der Waals surface area contributed by atoms with E-state index < -0.39 is 33.5 Å². The van der Waals surface area contributed by atoms with E-state index in [9.17, 15) is 18.0 Å². The Bertz CT molecular complexity index is 957. The number of nitrogens with zero attached hydrogens (tertiary/aromatic N) is 2. The third-order valence-corrected chi connectivity index (χ3v) is 8.24. The highest BCUT2D eigenvalue weighted by molar-refractivity contribution is 8.15. The van der Waals surface area contributed by atoms with Gasteiger partial charge in [-0.25, -0.2) is 13.2 Å². The van der Waals surface area contributed by atoms with Crippen molar-refractivity contribution in [3.8, 4) is 0 Å². The number of hydrogen-bond donors (Lipinski definition) is 1. The Balaban J connectivity index is 1.79. The third kappa shape index (κ3) is 6.22. The lowest BCUT2D eigenvalue weighted by atomic mass is 10.1. The first kappa shape index (κ1) is 23.6. The SMILES string of the molecule is CCN1C(=NC(=O)[C@@H](Cc2ccccc2)NC(=O)OC(C)(C)C)S[C@H]2CS(=O)(=O)C[C@@H]21. The average Bonchev–Trinajstić information content (AvgIpc) is 3.10. The van der Waals surface area contributed by atoms with Crippen LogP contribution < -0.4 is 5.32 Å². The van der Waals surface area contributed by atoms with E-state index in [1.165, 1.54) is 11.8 Å². The van der Waals surface area contributed by atoms with Crippen molar-refractivity contribution in [3.05, 3.63) is 35.9 Å². The molecule has 2 amide bonds. The minimum absolute atomic E-state index is 0.0787. The maximum absolute atomic E-state index is 13.1. The number of carbonyl (C=O) groups excluding carboxylic acids is 2. The number of alkyl carbamates (subject to hydrolysis) is 1. The molecule has 0 spiro atoms. The van der Waals surface area contributed by atoms with E-state index in [1.54, 1.807) is 20.8 Å². The summed E-state index contributed by atoms with van der Waals surface area (Å²) in [7, 11) is -3.07. The van der Waals surface area contributed by atoms with Crippen LogP contribution in [0.1, 0.15) is 33.3 Å². The zero-order valence-electron chi connectivity index (χ0n) is 18.2. The molecule has 8 nitrogen and oxygen atoms in total. The third-order valence-electron chi connectivity index (χ3n) is 4.99. The van der Waals surface area contributed by atoms with Crippen molar-refractivity contribution in [1.29, 1.82) is 0 Å². The summed E-state index contributed by atoms with van der Waals surface area (Å²) in [6.45, 7) is 7.72. The normalized spacial score (nSPS) is 24.6. The van der Waals surface area contributed by atoms with Crippen molar-refractivity contribution in [2.75, 3.05) is 18.1 Å². The topological polar surface area (TPSA) is 105 Å². The first-order valence-corrected chi connectivity index (χ1v) is 13.0. The molecule has 170 valence electrons. The molecule has 1 aromatic rings. The van der Waals surface area contributed by atoms with Gasteiger partial charge in [-0.2, -0.15) is 4.99 Å². The van der Waals surface area contributed by atoms with Crippen molar-refractivity contribution in [2.24, 2.45) is 4.99 Å². The lowest BCUT2D eigenvalue weighted by molar-refractivity contribution is -0.119.